The van der Waals surface area contributed by atoms with E-state index in [2.05, 4.69) is 15.5 Å². The quantitative estimate of drug-likeness (QED) is 0.914. The molecule has 6 heteroatoms. The van der Waals surface area contributed by atoms with Gasteiger partial charge in [0.25, 0.3) is 5.89 Å². The van der Waals surface area contributed by atoms with Gasteiger partial charge in [-0.3, -0.25) is 0 Å². The lowest BCUT2D eigenvalue weighted by atomic mass is 10.1. The maximum Gasteiger partial charge on any atom is 0.258 e. The fourth-order valence-corrected chi connectivity index (χ4v) is 2.30. The van der Waals surface area contributed by atoms with Crippen LogP contribution in [0.3, 0.4) is 0 Å². The van der Waals surface area contributed by atoms with Gasteiger partial charge in [-0.1, -0.05) is 16.8 Å². The second-order valence-electron chi connectivity index (χ2n) is 4.48. The van der Waals surface area contributed by atoms with E-state index in [9.17, 15) is 0 Å². The molecule has 1 aromatic carbocycles. The maximum atomic E-state index is 5.94. The molecular weight excluding hydrogens is 266 g/mol. The lowest BCUT2D eigenvalue weighted by Gasteiger charge is -2.20. The summed E-state index contributed by atoms with van der Waals surface area (Å²) in [5.41, 5.74) is 1.90. The van der Waals surface area contributed by atoms with Crippen LogP contribution in [0.1, 0.15) is 17.5 Å². The lowest BCUT2D eigenvalue weighted by Crippen LogP contribution is -2.33. The number of nitrogens with zero attached hydrogens (tertiary/aromatic N) is 2. The number of hydrogen-bond acceptors (Lipinski definition) is 5. The number of rotatable bonds is 2. The van der Waals surface area contributed by atoms with Crippen LogP contribution in [0, 0.1) is 6.92 Å². The topological polar surface area (TPSA) is 60.2 Å². The summed E-state index contributed by atoms with van der Waals surface area (Å²) in [6.45, 7) is 4.19. The highest BCUT2D eigenvalue weighted by atomic mass is 35.5. The third-order valence-corrected chi connectivity index (χ3v) is 3.31. The third-order valence-electron chi connectivity index (χ3n) is 3.08. The van der Waals surface area contributed by atoms with Gasteiger partial charge in [-0.15, -0.1) is 0 Å². The monoisotopic (exact) mass is 279 g/mol. The zero-order valence-electron chi connectivity index (χ0n) is 10.5. The first kappa shape index (κ1) is 12.6. The van der Waals surface area contributed by atoms with Crippen LogP contribution >= 0.6 is 11.6 Å². The smallest absolute Gasteiger partial charge is 0.258 e. The second-order valence-corrected chi connectivity index (χ2v) is 4.92. The summed E-state index contributed by atoms with van der Waals surface area (Å²) in [5, 5.41) is 7.93. The molecule has 2 heterocycles. The van der Waals surface area contributed by atoms with Gasteiger partial charge in [0, 0.05) is 23.7 Å². The summed E-state index contributed by atoms with van der Waals surface area (Å²) in [6, 6.07) is 5.57. The van der Waals surface area contributed by atoms with Crippen LogP contribution in [0.2, 0.25) is 5.02 Å². The minimum atomic E-state index is -0.140. The highest BCUT2D eigenvalue weighted by molar-refractivity contribution is 6.30. The van der Waals surface area contributed by atoms with Crippen LogP contribution in [0.25, 0.3) is 11.5 Å². The first-order valence-electron chi connectivity index (χ1n) is 6.16. The number of morpholine rings is 1. The summed E-state index contributed by atoms with van der Waals surface area (Å²) in [5.74, 6) is 1.08. The fraction of sp³-hybridized carbons (Fsp3) is 0.385. The number of hydrogen-bond donors (Lipinski definition) is 1. The average Bonchev–Trinajstić information content (AvgIpc) is 2.89. The predicted molar refractivity (Wildman–Crippen MR) is 71.0 cm³/mol. The Morgan fingerprint density at radius 3 is 3.05 bits per heavy atom. The molecule has 1 N–H and O–H groups in total. The van der Waals surface area contributed by atoms with Gasteiger partial charge in [-0.05, 0) is 30.7 Å². The molecule has 0 radical (unpaired) electrons. The van der Waals surface area contributed by atoms with E-state index in [-0.39, 0.29) is 6.10 Å². The Kier molecular flexibility index (Phi) is 3.50. The van der Waals surface area contributed by atoms with Gasteiger partial charge in [0.1, 0.15) is 6.10 Å². The number of ether oxygens (including phenoxy) is 1. The Labute approximate surface area is 115 Å². The first-order chi connectivity index (χ1) is 9.24. The Hall–Kier alpha value is -1.43. The molecule has 1 saturated heterocycles. The second kappa shape index (κ2) is 5.28. The summed E-state index contributed by atoms with van der Waals surface area (Å²) < 4.78 is 10.9. The summed E-state index contributed by atoms with van der Waals surface area (Å²) in [4.78, 5) is 4.41. The van der Waals surface area contributed by atoms with Gasteiger partial charge in [-0.25, -0.2) is 0 Å². The standard InChI is InChI=1S/C13H14ClN3O2/c1-8-6-9(14)2-3-10(8)13-16-12(17-19-13)11-7-15-4-5-18-11/h2-3,6,11,15H,4-5,7H2,1H3. The number of aromatic nitrogens is 2. The number of aryl methyl sites for hydroxylation is 1. The highest BCUT2D eigenvalue weighted by Gasteiger charge is 2.22. The summed E-state index contributed by atoms with van der Waals surface area (Å²) in [6.07, 6.45) is -0.140. The van der Waals surface area contributed by atoms with Crippen LogP contribution in [-0.2, 0) is 4.74 Å². The van der Waals surface area contributed by atoms with Crippen molar-refractivity contribution in [2.45, 2.75) is 13.0 Å². The van der Waals surface area contributed by atoms with Crippen molar-refractivity contribution < 1.29 is 9.26 Å². The van der Waals surface area contributed by atoms with Crippen LogP contribution in [0.5, 0.6) is 0 Å². The molecule has 0 aliphatic carbocycles. The Morgan fingerprint density at radius 1 is 1.42 bits per heavy atom. The molecule has 5 nitrogen and oxygen atoms in total. The molecule has 0 spiro atoms. The van der Waals surface area contributed by atoms with Crippen molar-refractivity contribution in [3.63, 3.8) is 0 Å². The first-order valence-corrected chi connectivity index (χ1v) is 6.54. The van der Waals surface area contributed by atoms with Crippen molar-refractivity contribution in [3.8, 4) is 11.5 Å². The van der Waals surface area contributed by atoms with Crippen LogP contribution in [-0.4, -0.2) is 29.8 Å². The maximum absolute atomic E-state index is 5.94. The van der Waals surface area contributed by atoms with Gasteiger partial charge in [-0.2, -0.15) is 4.98 Å². The minimum absolute atomic E-state index is 0.140. The normalized spacial score (nSPS) is 19.6. The Morgan fingerprint density at radius 2 is 2.32 bits per heavy atom. The lowest BCUT2D eigenvalue weighted by molar-refractivity contribution is 0.0208. The summed E-state index contributed by atoms with van der Waals surface area (Å²) >= 11 is 5.94. The molecule has 100 valence electrons. The molecule has 1 aliphatic heterocycles. The van der Waals surface area contributed by atoms with Crippen LogP contribution < -0.4 is 5.32 Å². The summed E-state index contributed by atoms with van der Waals surface area (Å²) in [7, 11) is 0. The van der Waals surface area contributed by atoms with Gasteiger partial charge in [0.05, 0.1) is 6.61 Å². The molecule has 2 aromatic rings. The van der Waals surface area contributed by atoms with Gasteiger partial charge < -0.3 is 14.6 Å². The van der Waals surface area contributed by atoms with Crippen molar-refractivity contribution in [2.75, 3.05) is 19.7 Å². The van der Waals surface area contributed by atoms with E-state index in [1.807, 2.05) is 25.1 Å². The molecule has 1 aromatic heterocycles. The molecule has 0 bridgehead atoms. The predicted octanol–water partition coefficient (Wildman–Crippen LogP) is 2.36. The van der Waals surface area contributed by atoms with E-state index >= 15 is 0 Å². The van der Waals surface area contributed by atoms with E-state index in [0.717, 1.165) is 17.7 Å². The van der Waals surface area contributed by atoms with Crippen molar-refractivity contribution >= 4 is 11.6 Å². The number of nitrogens with one attached hydrogen (secondary N) is 1. The number of benzene rings is 1. The molecule has 0 saturated carbocycles. The fourth-order valence-electron chi connectivity index (χ4n) is 2.07. The van der Waals surface area contributed by atoms with Crippen molar-refractivity contribution in [2.24, 2.45) is 0 Å². The molecule has 1 aliphatic rings. The average molecular weight is 280 g/mol. The minimum Gasteiger partial charge on any atom is -0.367 e. The largest absolute Gasteiger partial charge is 0.367 e. The van der Waals surface area contributed by atoms with E-state index in [1.54, 1.807) is 0 Å². The molecule has 1 unspecified atom stereocenters. The van der Waals surface area contributed by atoms with Crippen molar-refractivity contribution in [3.05, 3.63) is 34.6 Å². The highest BCUT2D eigenvalue weighted by Crippen LogP contribution is 2.26. The molecule has 0 amide bonds. The van der Waals surface area contributed by atoms with Gasteiger partial charge in [0.2, 0.25) is 5.82 Å². The van der Waals surface area contributed by atoms with Crippen LogP contribution in [0.15, 0.2) is 22.7 Å². The van der Waals surface area contributed by atoms with E-state index in [4.69, 9.17) is 20.9 Å². The molecular formula is C13H14ClN3O2. The third kappa shape index (κ3) is 2.63. The van der Waals surface area contributed by atoms with Gasteiger partial charge in [0.15, 0.2) is 0 Å². The van der Waals surface area contributed by atoms with Gasteiger partial charge >= 0.3 is 0 Å². The van der Waals surface area contributed by atoms with E-state index < -0.39 is 0 Å². The van der Waals surface area contributed by atoms with Crippen molar-refractivity contribution in [1.82, 2.24) is 15.5 Å². The Bertz CT molecular complexity index is 579. The molecule has 1 fully saturated rings. The van der Waals surface area contributed by atoms with E-state index in [1.165, 1.54) is 0 Å². The number of halogens is 1. The zero-order valence-corrected chi connectivity index (χ0v) is 11.3. The zero-order chi connectivity index (χ0) is 13.2. The Balaban J connectivity index is 1.87. The SMILES string of the molecule is Cc1cc(Cl)ccc1-c1nc(C2CNCCO2)no1. The van der Waals surface area contributed by atoms with Crippen molar-refractivity contribution in [1.29, 1.82) is 0 Å². The van der Waals surface area contributed by atoms with E-state index in [0.29, 0.717) is 29.9 Å². The molecule has 1 atom stereocenters. The van der Waals surface area contributed by atoms with Crippen LogP contribution in [0.4, 0.5) is 0 Å². The molecule has 19 heavy (non-hydrogen) atoms. The molecule has 3 rings (SSSR count).